The van der Waals surface area contributed by atoms with Crippen molar-refractivity contribution in [2.45, 2.75) is 50.3 Å². The minimum atomic E-state index is -0.967. The maximum atomic E-state index is 14.6. The van der Waals surface area contributed by atoms with Gasteiger partial charge >= 0.3 is 0 Å². The summed E-state index contributed by atoms with van der Waals surface area (Å²) < 4.78 is 14.6. The molecule has 0 radical (unpaired) electrons. The van der Waals surface area contributed by atoms with Crippen LogP contribution in [0.4, 0.5) is 10.2 Å². The van der Waals surface area contributed by atoms with E-state index < -0.39 is 29.4 Å². The summed E-state index contributed by atoms with van der Waals surface area (Å²) in [5, 5.41) is 27.0. The Bertz CT molecular complexity index is 1270. The van der Waals surface area contributed by atoms with Gasteiger partial charge in [-0.25, -0.2) is 19.3 Å². The van der Waals surface area contributed by atoms with Crippen molar-refractivity contribution in [3.63, 3.8) is 0 Å². The lowest BCUT2D eigenvalue weighted by atomic mass is 9.87. The zero-order valence-corrected chi connectivity index (χ0v) is 18.2. The number of nitrogens with zero attached hydrogens (tertiary/aromatic N) is 4. The monoisotopic (exact) mass is 469 g/mol. The number of nitriles is 1. The molecular formula is C22H21ClFN7O2. The number of anilines is 1. The third-order valence-electron chi connectivity index (χ3n) is 6.37. The van der Waals surface area contributed by atoms with Crippen molar-refractivity contribution in [3.05, 3.63) is 35.5 Å². The molecule has 2 aliphatic carbocycles. The topological polar surface area (TPSA) is 140 Å². The van der Waals surface area contributed by atoms with E-state index in [2.05, 4.69) is 36.6 Å². The molecule has 2 aliphatic rings. The van der Waals surface area contributed by atoms with Crippen LogP contribution in [0.5, 0.6) is 0 Å². The maximum absolute atomic E-state index is 14.6. The molecule has 0 aliphatic heterocycles. The van der Waals surface area contributed by atoms with E-state index in [-0.39, 0.29) is 17.5 Å². The molecule has 4 N–H and O–H groups in total. The summed E-state index contributed by atoms with van der Waals surface area (Å²) in [5.41, 5.74) is 0.248. The van der Waals surface area contributed by atoms with E-state index in [9.17, 15) is 19.6 Å². The molecule has 3 atom stereocenters. The fraction of sp³-hybridized carbons (Fsp3) is 0.409. The summed E-state index contributed by atoms with van der Waals surface area (Å²) in [4.78, 5) is 28.1. The van der Waals surface area contributed by atoms with Crippen LogP contribution in [0.15, 0.2) is 24.7 Å². The highest BCUT2D eigenvalue weighted by atomic mass is 35.5. The number of amides is 1. The Morgan fingerprint density at radius 1 is 1.30 bits per heavy atom. The van der Waals surface area contributed by atoms with Crippen molar-refractivity contribution >= 4 is 34.4 Å². The van der Waals surface area contributed by atoms with Crippen molar-refractivity contribution in [1.29, 1.82) is 5.26 Å². The second kappa shape index (κ2) is 8.24. The number of fused-ring (bicyclic) bond motifs is 1. The van der Waals surface area contributed by atoms with Crippen molar-refractivity contribution in [3.8, 4) is 17.5 Å². The van der Waals surface area contributed by atoms with Crippen LogP contribution < -0.4 is 10.6 Å². The molecular weight excluding hydrogens is 449 g/mol. The Morgan fingerprint density at radius 2 is 2.09 bits per heavy atom. The van der Waals surface area contributed by atoms with E-state index in [1.807, 2.05) is 0 Å². The molecule has 2 saturated carbocycles. The minimum Gasteiger partial charge on any atom is -0.389 e. The number of aromatic nitrogens is 4. The van der Waals surface area contributed by atoms with E-state index in [1.54, 1.807) is 12.3 Å². The third-order valence-corrected chi connectivity index (χ3v) is 6.58. The fourth-order valence-corrected chi connectivity index (χ4v) is 4.41. The van der Waals surface area contributed by atoms with Gasteiger partial charge in [0.2, 0.25) is 5.91 Å². The highest BCUT2D eigenvalue weighted by molar-refractivity contribution is 6.31. The van der Waals surface area contributed by atoms with Crippen LogP contribution >= 0.6 is 11.6 Å². The van der Waals surface area contributed by atoms with E-state index in [0.717, 1.165) is 6.20 Å². The number of rotatable bonds is 5. The van der Waals surface area contributed by atoms with Gasteiger partial charge in [-0.2, -0.15) is 5.26 Å². The summed E-state index contributed by atoms with van der Waals surface area (Å²) in [5.74, 6) is -0.781. The fourth-order valence-electron chi connectivity index (χ4n) is 4.25. The van der Waals surface area contributed by atoms with E-state index in [0.29, 0.717) is 53.7 Å². The van der Waals surface area contributed by atoms with Crippen molar-refractivity contribution in [2.24, 2.45) is 5.41 Å². The molecule has 9 nitrogen and oxygen atoms in total. The molecule has 1 amide bonds. The minimum absolute atomic E-state index is 0.0453. The van der Waals surface area contributed by atoms with Gasteiger partial charge in [-0.3, -0.25) is 4.79 Å². The SMILES string of the molecule is N#CC1(C(=O)N[C@@H]2CCC[C@H](Nc3nc(-c4c[nH]c5ncc(Cl)cc45)ncc3F)[C@H]2O)CC1. The zero-order chi connectivity index (χ0) is 23.2. The molecule has 0 unspecified atom stereocenters. The third kappa shape index (κ3) is 3.98. The van der Waals surface area contributed by atoms with Gasteiger partial charge in [0.15, 0.2) is 17.5 Å². The Balaban J connectivity index is 1.36. The number of carbonyl (C=O) groups is 1. The Hall–Kier alpha value is -3.29. The van der Waals surface area contributed by atoms with Crippen LogP contribution in [-0.4, -0.2) is 49.1 Å². The lowest BCUT2D eigenvalue weighted by Crippen LogP contribution is -2.54. The van der Waals surface area contributed by atoms with Gasteiger partial charge in [-0.1, -0.05) is 11.6 Å². The molecule has 11 heteroatoms. The van der Waals surface area contributed by atoms with Crippen LogP contribution in [0.1, 0.15) is 32.1 Å². The number of H-pyrrole nitrogens is 1. The number of nitrogens with one attached hydrogen (secondary N) is 3. The molecule has 170 valence electrons. The summed E-state index contributed by atoms with van der Waals surface area (Å²) >= 11 is 6.06. The van der Waals surface area contributed by atoms with Gasteiger partial charge < -0.3 is 20.7 Å². The molecule has 3 aromatic rings. The van der Waals surface area contributed by atoms with Crippen LogP contribution in [0.2, 0.25) is 5.02 Å². The zero-order valence-electron chi connectivity index (χ0n) is 17.5. The molecule has 33 heavy (non-hydrogen) atoms. The second-order valence-electron chi connectivity index (χ2n) is 8.59. The smallest absolute Gasteiger partial charge is 0.240 e. The summed E-state index contributed by atoms with van der Waals surface area (Å²) in [6, 6.07) is 2.73. The van der Waals surface area contributed by atoms with Gasteiger partial charge in [-0.05, 0) is 38.2 Å². The number of aliphatic hydroxyl groups is 1. The molecule has 0 spiro atoms. The summed E-state index contributed by atoms with van der Waals surface area (Å²) in [6.45, 7) is 0. The van der Waals surface area contributed by atoms with Crippen molar-refractivity contribution < 1.29 is 14.3 Å². The first-order valence-corrected chi connectivity index (χ1v) is 11.1. The van der Waals surface area contributed by atoms with Crippen LogP contribution in [0.3, 0.4) is 0 Å². The average Bonchev–Trinajstić information content (AvgIpc) is 3.51. The highest BCUT2D eigenvalue weighted by Gasteiger charge is 2.51. The quantitative estimate of drug-likeness (QED) is 0.450. The first kappa shape index (κ1) is 21.6. The number of halogens is 2. The van der Waals surface area contributed by atoms with E-state index in [4.69, 9.17) is 11.6 Å². The van der Waals surface area contributed by atoms with Crippen molar-refractivity contribution in [2.75, 3.05) is 5.32 Å². The molecule has 0 saturated heterocycles. The first-order valence-electron chi connectivity index (χ1n) is 10.7. The normalized spacial score (nSPS) is 23.6. The van der Waals surface area contributed by atoms with E-state index >= 15 is 0 Å². The number of pyridine rings is 1. The number of aromatic amines is 1. The van der Waals surface area contributed by atoms with Gasteiger partial charge in [-0.15, -0.1) is 0 Å². The summed E-state index contributed by atoms with van der Waals surface area (Å²) in [6.07, 6.45) is 6.22. The molecule has 5 rings (SSSR count). The maximum Gasteiger partial charge on any atom is 0.240 e. The average molecular weight is 470 g/mol. The number of aliphatic hydroxyl groups excluding tert-OH is 1. The van der Waals surface area contributed by atoms with Gasteiger partial charge in [0.25, 0.3) is 0 Å². The van der Waals surface area contributed by atoms with Gasteiger partial charge in [0.05, 0.1) is 35.5 Å². The standard InChI is InChI=1S/C22H21ClFN7O2/c23-11-6-12-13(8-27-18(12)26-7-11)19-28-9-14(24)20(31-19)29-15-2-1-3-16(17(15)32)30-21(33)22(10-25)4-5-22/h6-9,15-17,32H,1-5H2,(H,26,27)(H,30,33)(H,28,29,31)/t15-,16+,17+/m0/s1. The Labute approximate surface area is 193 Å². The molecule has 3 heterocycles. The van der Waals surface area contributed by atoms with Crippen molar-refractivity contribution in [1.82, 2.24) is 25.3 Å². The van der Waals surface area contributed by atoms with Gasteiger partial charge in [0.1, 0.15) is 11.1 Å². The van der Waals surface area contributed by atoms with Crippen LogP contribution in [-0.2, 0) is 4.79 Å². The lowest BCUT2D eigenvalue weighted by Gasteiger charge is -2.36. The number of carbonyl (C=O) groups excluding carboxylic acids is 1. The Kier molecular flexibility index (Phi) is 5.38. The van der Waals surface area contributed by atoms with E-state index in [1.165, 1.54) is 6.20 Å². The molecule has 3 aromatic heterocycles. The number of hydrogen-bond acceptors (Lipinski definition) is 7. The molecule has 0 bridgehead atoms. The predicted molar refractivity (Wildman–Crippen MR) is 119 cm³/mol. The van der Waals surface area contributed by atoms with Crippen LogP contribution in [0, 0.1) is 22.6 Å². The lowest BCUT2D eigenvalue weighted by molar-refractivity contribution is -0.126. The Morgan fingerprint density at radius 3 is 2.85 bits per heavy atom. The van der Waals surface area contributed by atoms with Crippen LogP contribution in [0.25, 0.3) is 22.4 Å². The first-order chi connectivity index (χ1) is 15.9. The van der Waals surface area contributed by atoms with Gasteiger partial charge in [0, 0.05) is 23.3 Å². The molecule has 0 aromatic carbocycles. The largest absolute Gasteiger partial charge is 0.389 e. The highest BCUT2D eigenvalue weighted by Crippen LogP contribution is 2.45. The number of hydrogen-bond donors (Lipinski definition) is 4. The second-order valence-corrected chi connectivity index (χ2v) is 9.02. The summed E-state index contributed by atoms with van der Waals surface area (Å²) in [7, 11) is 0. The molecule has 2 fully saturated rings. The predicted octanol–water partition coefficient (Wildman–Crippen LogP) is 2.93.